The van der Waals surface area contributed by atoms with Gasteiger partial charge in [0, 0.05) is 18.1 Å². The molecule has 0 heterocycles. The predicted octanol–water partition coefficient (Wildman–Crippen LogP) is 2.71. The molecule has 1 rings (SSSR count). The lowest BCUT2D eigenvalue weighted by molar-refractivity contribution is 0.799. The first-order valence-electron chi connectivity index (χ1n) is 4.98. The Hall–Kier alpha value is -0.800. The van der Waals surface area contributed by atoms with E-state index in [2.05, 4.69) is 17.6 Å². The second-order valence-corrected chi connectivity index (χ2v) is 4.08. The van der Waals surface area contributed by atoms with Crippen LogP contribution in [-0.4, -0.2) is 11.7 Å². The van der Waals surface area contributed by atoms with Crippen molar-refractivity contribution in [3.05, 3.63) is 34.9 Å². The molecule has 15 heavy (non-hydrogen) atoms. The van der Waals surface area contributed by atoms with Crippen LogP contribution in [-0.2, 0) is 6.54 Å². The molecule has 0 saturated carbocycles. The van der Waals surface area contributed by atoms with E-state index >= 15 is 0 Å². The Kier molecular flexibility index (Phi) is 5.43. The Balaban J connectivity index is 2.33. The molecule has 0 aliphatic rings. The number of benzene rings is 1. The van der Waals surface area contributed by atoms with Crippen molar-refractivity contribution in [2.75, 3.05) is 6.54 Å². The summed E-state index contributed by atoms with van der Waals surface area (Å²) in [4.78, 5) is 0. The smallest absolute Gasteiger partial charge is 0.166 e. The van der Waals surface area contributed by atoms with Gasteiger partial charge in [-0.1, -0.05) is 30.7 Å². The summed E-state index contributed by atoms with van der Waals surface area (Å²) in [6, 6.07) is 7.73. The van der Waals surface area contributed by atoms with Crippen LogP contribution >= 0.6 is 23.8 Å². The largest absolute Gasteiger partial charge is 0.363 e. The van der Waals surface area contributed by atoms with E-state index in [-0.39, 0.29) is 0 Å². The molecule has 0 amide bonds. The first kappa shape index (κ1) is 12.3. The highest BCUT2D eigenvalue weighted by atomic mass is 35.5. The molecule has 0 aromatic heterocycles. The van der Waals surface area contributed by atoms with E-state index in [0.717, 1.165) is 23.6 Å². The second-order valence-electron chi connectivity index (χ2n) is 3.24. The molecule has 0 bridgehead atoms. The van der Waals surface area contributed by atoms with Crippen LogP contribution in [0, 0.1) is 0 Å². The lowest BCUT2D eigenvalue weighted by Crippen LogP contribution is -2.35. The third-order valence-corrected chi connectivity index (χ3v) is 2.40. The third kappa shape index (κ3) is 5.00. The lowest BCUT2D eigenvalue weighted by atomic mass is 10.2. The Labute approximate surface area is 101 Å². The van der Waals surface area contributed by atoms with Crippen LogP contribution in [0.1, 0.15) is 18.9 Å². The summed E-state index contributed by atoms with van der Waals surface area (Å²) in [5.41, 5.74) is 1.13. The van der Waals surface area contributed by atoms with Gasteiger partial charge in [-0.05, 0) is 36.3 Å². The van der Waals surface area contributed by atoms with Crippen molar-refractivity contribution in [2.24, 2.45) is 0 Å². The molecular weight excluding hydrogens is 228 g/mol. The number of nitrogens with one attached hydrogen (secondary N) is 2. The quantitative estimate of drug-likeness (QED) is 0.794. The zero-order valence-electron chi connectivity index (χ0n) is 8.72. The molecule has 2 nitrogen and oxygen atoms in total. The number of rotatable bonds is 4. The molecule has 82 valence electrons. The summed E-state index contributed by atoms with van der Waals surface area (Å²) in [6.07, 6.45) is 1.07. The highest BCUT2D eigenvalue weighted by molar-refractivity contribution is 7.80. The van der Waals surface area contributed by atoms with Crippen molar-refractivity contribution in [2.45, 2.75) is 19.9 Å². The molecule has 0 saturated heterocycles. The Bertz CT molecular complexity index is 328. The van der Waals surface area contributed by atoms with Crippen molar-refractivity contribution >= 4 is 28.9 Å². The molecule has 0 unspecified atom stereocenters. The first-order valence-corrected chi connectivity index (χ1v) is 5.77. The Morgan fingerprint density at radius 2 is 2.20 bits per heavy atom. The van der Waals surface area contributed by atoms with Crippen LogP contribution < -0.4 is 10.6 Å². The topological polar surface area (TPSA) is 24.1 Å². The molecule has 0 fully saturated rings. The highest BCUT2D eigenvalue weighted by Crippen LogP contribution is 2.09. The summed E-state index contributed by atoms with van der Waals surface area (Å²) in [5, 5.41) is 7.67. The van der Waals surface area contributed by atoms with Crippen molar-refractivity contribution < 1.29 is 0 Å². The summed E-state index contributed by atoms with van der Waals surface area (Å²) in [6.45, 7) is 3.71. The monoisotopic (exact) mass is 242 g/mol. The van der Waals surface area contributed by atoms with Gasteiger partial charge in [-0.2, -0.15) is 0 Å². The Morgan fingerprint density at radius 3 is 2.87 bits per heavy atom. The fourth-order valence-electron chi connectivity index (χ4n) is 1.13. The van der Waals surface area contributed by atoms with Crippen LogP contribution in [0.25, 0.3) is 0 Å². The average molecular weight is 243 g/mol. The molecule has 1 aromatic rings. The summed E-state index contributed by atoms with van der Waals surface area (Å²) >= 11 is 11.0. The standard InChI is InChI=1S/C11H15ClN2S/c1-2-6-13-11(15)14-8-9-4-3-5-10(12)7-9/h3-5,7H,2,6,8H2,1H3,(H2,13,14,15). The molecular formula is C11H15ClN2S. The predicted molar refractivity (Wildman–Crippen MR) is 69.2 cm³/mol. The van der Waals surface area contributed by atoms with Crippen LogP contribution in [0.3, 0.4) is 0 Å². The lowest BCUT2D eigenvalue weighted by Gasteiger charge is -2.09. The van der Waals surface area contributed by atoms with Gasteiger partial charge in [-0.3, -0.25) is 0 Å². The van der Waals surface area contributed by atoms with E-state index in [4.69, 9.17) is 23.8 Å². The Morgan fingerprint density at radius 1 is 1.40 bits per heavy atom. The number of hydrogen-bond acceptors (Lipinski definition) is 1. The number of hydrogen-bond donors (Lipinski definition) is 2. The fourth-order valence-corrected chi connectivity index (χ4v) is 1.52. The van der Waals surface area contributed by atoms with Crippen molar-refractivity contribution in [3.8, 4) is 0 Å². The van der Waals surface area contributed by atoms with Crippen LogP contribution in [0.5, 0.6) is 0 Å². The SMILES string of the molecule is CCCNC(=S)NCc1cccc(Cl)c1. The second kappa shape index (κ2) is 6.64. The van der Waals surface area contributed by atoms with Gasteiger partial charge in [0.15, 0.2) is 5.11 Å². The minimum absolute atomic E-state index is 0.692. The number of thiocarbonyl (C=S) groups is 1. The van der Waals surface area contributed by atoms with Crippen LogP contribution in [0.2, 0.25) is 5.02 Å². The fraction of sp³-hybridized carbons (Fsp3) is 0.364. The summed E-state index contributed by atoms with van der Waals surface area (Å²) < 4.78 is 0. The summed E-state index contributed by atoms with van der Waals surface area (Å²) in [7, 11) is 0. The van der Waals surface area contributed by atoms with Gasteiger partial charge in [0.2, 0.25) is 0 Å². The normalized spacial score (nSPS) is 9.73. The van der Waals surface area contributed by atoms with E-state index in [1.807, 2.05) is 24.3 Å². The highest BCUT2D eigenvalue weighted by Gasteiger charge is 1.96. The molecule has 0 radical (unpaired) electrons. The zero-order valence-corrected chi connectivity index (χ0v) is 10.3. The molecule has 2 N–H and O–H groups in total. The molecule has 4 heteroatoms. The molecule has 0 aliphatic carbocycles. The maximum Gasteiger partial charge on any atom is 0.166 e. The maximum absolute atomic E-state index is 5.87. The maximum atomic E-state index is 5.87. The third-order valence-electron chi connectivity index (χ3n) is 1.88. The van der Waals surface area contributed by atoms with Crippen LogP contribution in [0.15, 0.2) is 24.3 Å². The molecule has 1 aromatic carbocycles. The summed E-state index contributed by atoms with van der Waals surface area (Å²) in [5.74, 6) is 0. The van der Waals surface area contributed by atoms with Gasteiger partial charge in [0.25, 0.3) is 0 Å². The van der Waals surface area contributed by atoms with Gasteiger partial charge in [0.05, 0.1) is 0 Å². The molecule has 0 spiro atoms. The van der Waals surface area contributed by atoms with E-state index < -0.39 is 0 Å². The van der Waals surface area contributed by atoms with Crippen LogP contribution in [0.4, 0.5) is 0 Å². The minimum Gasteiger partial charge on any atom is -0.363 e. The van der Waals surface area contributed by atoms with E-state index in [1.54, 1.807) is 0 Å². The van der Waals surface area contributed by atoms with Gasteiger partial charge >= 0.3 is 0 Å². The van der Waals surface area contributed by atoms with E-state index in [9.17, 15) is 0 Å². The van der Waals surface area contributed by atoms with Crippen molar-refractivity contribution in [1.29, 1.82) is 0 Å². The molecule has 0 atom stereocenters. The van der Waals surface area contributed by atoms with Gasteiger partial charge in [0.1, 0.15) is 0 Å². The van der Waals surface area contributed by atoms with Crippen molar-refractivity contribution in [1.82, 2.24) is 10.6 Å². The van der Waals surface area contributed by atoms with Gasteiger partial charge in [-0.25, -0.2) is 0 Å². The number of halogens is 1. The minimum atomic E-state index is 0.692. The van der Waals surface area contributed by atoms with E-state index in [1.165, 1.54) is 0 Å². The van der Waals surface area contributed by atoms with Gasteiger partial charge in [-0.15, -0.1) is 0 Å². The van der Waals surface area contributed by atoms with Crippen molar-refractivity contribution in [3.63, 3.8) is 0 Å². The first-order chi connectivity index (χ1) is 7.22. The van der Waals surface area contributed by atoms with Gasteiger partial charge < -0.3 is 10.6 Å². The average Bonchev–Trinajstić information content (AvgIpc) is 2.23. The van der Waals surface area contributed by atoms with E-state index in [0.29, 0.717) is 11.7 Å². The zero-order chi connectivity index (χ0) is 11.1. The molecule has 0 aliphatic heterocycles.